The number of aromatic nitrogens is 1. The van der Waals surface area contributed by atoms with E-state index in [0.717, 1.165) is 19.3 Å². The van der Waals surface area contributed by atoms with Crippen LogP contribution in [0.1, 0.15) is 29.8 Å². The number of carbonyl (C=O) groups excluding carboxylic acids is 1. The summed E-state index contributed by atoms with van der Waals surface area (Å²) in [6.45, 7) is 0. The van der Waals surface area contributed by atoms with Crippen molar-refractivity contribution in [2.45, 2.75) is 37.4 Å². The van der Waals surface area contributed by atoms with Crippen LogP contribution in [-0.2, 0) is 0 Å². The summed E-state index contributed by atoms with van der Waals surface area (Å²) in [6, 6.07) is 4.03. The molecule has 1 aromatic rings. The van der Waals surface area contributed by atoms with Crippen LogP contribution in [-0.4, -0.2) is 41.0 Å². The summed E-state index contributed by atoms with van der Waals surface area (Å²) in [6.07, 6.45) is 4.60. The Hall–Kier alpha value is -1.33. The first kappa shape index (κ1) is 14.1. The number of halogens is 1. The van der Waals surface area contributed by atoms with Gasteiger partial charge in [-0.25, -0.2) is 0 Å². The van der Waals surface area contributed by atoms with Crippen LogP contribution >= 0.6 is 12.4 Å². The minimum atomic E-state index is -0.0191. The van der Waals surface area contributed by atoms with Crippen LogP contribution in [0.5, 0.6) is 5.75 Å². The van der Waals surface area contributed by atoms with Crippen molar-refractivity contribution in [1.29, 1.82) is 0 Å². The Morgan fingerprint density at radius 3 is 2.89 bits per heavy atom. The molecule has 0 unspecified atom stereocenters. The lowest BCUT2D eigenvalue weighted by Crippen LogP contribution is -2.40. The fourth-order valence-corrected chi connectivity index (χ4v) is 3.14. The lowest BCUT2D eigenvalue weighted by Gasteiger charge is -2.22. The Morgan fingerprint density at radius 1 is 1.53 bits per heavy atom. The molecule has 2 saturated heterocycles. The molecule has 3 rings (SSSR count). The first-order valence-corrected chi connectivity index (χ1v) is 6.29. The number of pyridine rings is 1. The molecule has 2 aliphatic heterocycles. The van der Waals surface area contributed by atoms with Gasteiger partial charge >= 0.3 is 0 Å². The minimum absolute atomic E-state index is 0. The molecule has 0 spiro atoms. The highest BCUT2D eigenvalue weighted by atomic mass is 35.5. The maximum atomic E-state index is 12.5. The number of nitrogens with zero attached hydrogens (tertiary/aromatic N) is 2. The zero-order valence-corrected chi connectivity index (χ0v) is 11.6. The van der Waals surface area contributed by atoms with Gasteiger partial charge in [-0.2, -0.15) is 0 Å². The van der Waals surface area contributed by atoms with E-state index in [9.17, 15) is 4.79 Å². The average Bonchev–Trinajstić information content (AvgIpc) is 2.94. The SMILES string of the molecule is COc1ccnc(C(=O)N2[C@@H]3CC[C@H]2[C@@H](N)C3)c1.Cl. The predicted octanol–water partition coefficient (Wildman–Crippen LogP) is 1.22. The molecular formula is C13H18ClN3O2. The first-order valence-electron chi connectivity index (χ1n) is 6.29. The molecule has 2 aliphatic rings. The molecule has 2 fully saturated rings. The van der Waals surface area contributed by atoms with Crippen molar-refractivity contribution in [3.05, 3.63) is 24.0 Å². The molecule has 6 heteroatoms. The normalized spacial score (nSPS) is 28.1. The van der Waals surface area contributed by atoms with Crippen molar-refractivity contribution in [2.75, 3.05) is 7.11 Å². The molecule has 0 aromatic carbocycles. The van der Waals surface area contributed by atoms with E-state index >= 15 is 0 Å². The van der Waals surface area contributed by atoms with Crippen LogP contribution < -0.4 is 10.5 Å². The number of nitrogens with two attached hydrogens (primary N) is 1. The van der Waals surface area contributed by atoms with Crippen LogP contribution in [0.15, 0.2) is 18.3 Å². The van der Waals surface area contributed by atoms with Gasteiger partial charge in [-0.1, -0.05) is 0 Å². The standard InChI is InChI=1S/C13H17N3O2.ClH/c1-18-9-4-5-15-11(7-9)13(17)16-8-2-3-12(16)10(14)6-8;/h4-5,7-8,10,12H,2-3,6,14H2,1H3;1H/t8-,10+,12+;/m1./s1. The molecular weight excluding hydrogens is 266 g/mol. The van der Waals surface area contributed by atoms with Gasteiger partial charge < -0.3 is 15.4 Å². The monoisotopic (exact) mass is 283 g/mol. The molecule has 0 radical (unpaired) electrons. The fraction of sp³-hybridized carbons (Fsp3) is 0.538. The fourth-order valence-electron chi connectivity index (χ4n) is 3.14. The number of hydrogen-bond acceptors (Lipinski definition) is 4. The summed E-state index contributed by atoms with van der Waals surface area (Å²) in [5, 5.41) is 0. The molecule has 3 atom stereocenters. The molecule has 1 aromatic heterocycles. The van der Waals surface area contributed by atoms with E-state index in [-0.39, 0.29) is 30.4 Å². The molecule has 2 N–H and O–H groups in total. The third-order valence-electron chi connectivity index (χ3n) is 4.01. The van der Waals surface area contributed by atoms with E-state index < -0.39 is 0 Å². The van der Waals surface area contributed by atoms with Gasteiger partial charge in [0.1, 0.15) is 11.4 Å². The lowest BCUT2D eigenvalue weighted by atomic mass is 9.97. The van der Waals surface area contributed by atoms with E-state index in [2.05, 4.69) is 4.98 Å². The second-order valence-electron chi connectivity index (χ2n) is 4.99. The number of methoxy groups -OCH3 is 1. The van der Waals surface area contributed by atoms with E-state index in [1.807, 2.05) is 4.90 Å². The van der Waals surface area contributed by atoms with Crippen molar-refractivity contribution in [1.82, 2.24) is 9.88 Å². The van der Waals surface area contributed by atoms with Gasteiger partial charge in [0.25, 0.3) is 5.91 Å². The second-order valence-corrected chi connectivity index (χ2v) is 4.99. The summed E-state index contributed by atoms with van der Waals surface area (Å²) in [4.78, 5) is 18.5. The number of carbonyl (C=O) groups is 1. The van der Waals surface area contributed by atoms with Crippen LogP contribution in [0.25, 0.3) is 0 Å². The Bertz CT molecular complexity index is 483. The molecule has 104 valence electrons. The van der Waals surface area contributed by atoms with Gasteiger partial charge in [-0.05, 0) is 25.3 Å². The highest BCUT2D eigenvalue weighted by Crippen LogP contribution is 2.37. The Balaban J connectivity index is 0.00000133. The summed E-state index contributed by atoms with van der Waals surface area (Å²) in [7, 11) is 1.58. The van der Waals surface area contributed by atoms with Crippen molar-refractivity contribution < 1.29 is 9.53 Å². The van der Waals surface area contributed by atoms with Gasteiger partial charge in [0, 0.05) is 30.4 Å². The Morgan fingerprint density at radius 2 is 2.32 bits per heavy atom. The number of hydrogen-bond donors (Lipinski definition) is 1. The molecule has 5 nitrogen and oxygen atoms in total. The van der Waals surface area contributed by atoms with Gasteiger partial charge in [0.2, 0.25) is 0 Å². The smallest absolute Gasteiger partial charge is 0.273 e. The quantitative estimate of drug-likeness (QED) is 0.886. The highest BCUT2D eigenvalue weighted by Gasteiger charge is 2.47. The highest BCUT2D eigenvalue weighted by molar-refractivity contribution is 5.93. The van der Waals surface area contributed by atoms with Gasteiger partial charge in [0.15, 0.2) is 0 Å². The first-order chi connectivity index (χ1) is 8.70. The molecule has 19 heavy (non-hydrogen) atoms. The Kier molecular flexibility index (Phi) is 3.96. The number of ether oxygens (including phenoxy) is 1. The van der Waals surface area contributed by atoms with Gasteiger partial charge in [0.05, 0.1) is 7.11 Å². The third-order valence-corrected chi connectivity index (χ3v) is 4.01. The third kappa shape index (κ3) is 2.28. The van der Waals surface area contributed by atoms with Crippen molar-refractivity contribution in [2.24, 2.45) is 5.73 Å². The summed E-state index contributed by atoms with van der Waals surface area (Å²) in [5.74, 6) is 0.638. The van der Waals surface area contributed by atoms with Crippen molar-refractivity contribution in [3.8, 4) is 5.75 Å². The molecule has 2 bridgehead atoms. The van der Waals surface area contributed by atoms with E-state index in [1.54, 1.807) is 25.4 Å². The maximum absolute atomic E-state index is 12.5. The van der Waals surface area contributed by atoms with Crippen LogP contribution in [0, 0.1) is 0 Å². The van der Waals surface area contributed by atoms with Crippen LogP contribution in [0.2, 0.25) is 0 Å². The topological polar surface area (TPSA) is 68.5 Å². The van der Waals surface area contributed by atoms with E-state index in [0.29, 0.717) is 17.5 Å². The number of rotatable bonds is 2. The largest absolute Gasteiger partial charge is 0.497 e. The van der Waals surface area contributed by atoms with Crippen LogP contribution in [0.3, 0.4) is 0 Å². The van der Waals surface area contributed by atoms with E-state index in [4.69, 9.17) is 10.5 Å². The van der Waals surface area contributed by atoms with Crippen molar-refractivity contribution >= 4 is 18.3 Å². The zero-order chi connectivity index (χ0) is 12.7. The summed E-state index contributed by atoms with van der Waals surface area (Å²) >= 11 is 0. The lowest BCUT2D eigenvalue weighted by molar-refractivity contribution is 0.0720. The zero-order valence-electron chi connectivity index (χ0n) is 10.8. The van der Waals surface area contributed by atoms with Crippen LogP contribution in [0.4, 0.5) is 0 Å². The summed E-state index contributed by atoms with van der Waals surface area (Å²) in [5.41, 5.74) is 6.49. The molecule has 3 heterocycles. The summed E-state index contributed by atoms with van der Waals surface area (Å²) < 4.78 is 5.12. The van der Waals surface area contributed by atoms with Gasteiger partial charge in [-0.15, -0.1) is 12.4 Å². The number of fused-ring (bicyclic) bond motifs is 2. The minimum Gasteiger partial charge on any atom is -0.497 e. The molecule has 0 aliphatic carbocycles. The number of amides is 1. The second kappa shape index (κ2) is 5.35. The van der Waals surface area contributed by atoms with Crippen molar-refractivity contribution in [3.63, 3.8) is 0 Å². The molecule has 0 saturated carbocycles. The van der Waals surface area contributed by atoms with E-state index in [1.165, 1.54) is 0 Å². The van der Waals surface area contributed by atoms with Gasteiger partial charge in [-0.3, -0.25) is 9.78 Å². The molecule has 1 amide bonds. The average molecular weight is 284 g/mol. The Labute approximate surface area is 118 Å². The maximum Gasteiger partial charge on any atom is 0.273 e. The predicted molar refractivity (Wildman–Crippen MR) is 73.6 cm³/mol.